The third-order valence-electron chi connectivity index (χ3n) is 3.00. The maximum atomic E-state index is 5.37. The molecule has 0 bridgehead atoms. The maximum absolute atomic E-state index is 5.37. The van der Waals surface area contributed by atoms with Crippen molar-refractivity contribution in [2.24, 2.45) is 0 Å². The molecule has 0 spiro atoms. The van der Waals surface area contributed by atoms with Gasteiger partial charge >= 0.3 is 0 Å². The van der Waals surface area contributed by atoms with Gasteiger partial charge in [0.25, 0.3) is 0 Å². The van der Waals surface area contributed by atoms with Gasteiger partial charge < -0.3 is 32.9 Å². The van der Waals surface area contributed by atoms with Crippen LogP contribution in [0.4, 0.5) is 0 Å². The Morgan fingerprint density at radius 3 is 2.33 bits per heavy atom. The minimum atomic E-state index is 0. The molecule has 0 saturated carbocycles. The molecule has 0 saturated heterocycles. The van der Waals surface area contributed by atoms with E-state index in [1.54, 1.807) is 6.26 Å². The molecule has 0 radical (unpaired) electrons. The topological polar surface area (TPSA) is 13.1 Å². The van der Waals surface area contributed by atoms with Crippen LogP contribution in [0.5, 0.6) is 0 Å². The van der Waals surface area contributed by atoms with Crippen molar-refractivity contribution >= 4 is 0 Å². The summed E-state index contributed by atoms with van der Waals surface area (Å²) in [6.07, 6.45) is 2.74. The molecule has 0 atom stereocenters. The summed E-state index contributed by atoms with van der Waals surface area (Å²) < 4.78 is 6.35. The van der Waals surface area contributed by atoms with Gasteiger partial charge in [-0.3, -0.25) is 0 Å². The number of nitrogens with zero attached hydrogens (tertiary/aromatic N) is 1. The van der Waals surface area contributed by atoms with Gasteiger partial charge in [-0.1, -0.05) is 30.3 Å². The summed E-state index contributed by atoms with van der Waals surface area (Å²) in [4.78, 5) is 0. The number of quaternary nitrogens is 1. The number of rotatable bonds is 5. The van der Waals surface area contributed by atoms with Gasteiger partial charge in [0.15, 0.2) is 0 Å². The van der Waals surface area contributed by atoms with Gasteiger partial charge in [-0.2, -0.15) is 0 Å². The van der Waals surface area contributed by atoms with E-state index >= 15 is 0 Å². The summed E-state index contributed by atoms with van der Waals surface area (Å²) in [5.41, 5.74) is 1.39. The molecule has 1 heterocycles. The van der Waals surface area contributed by atoms with Crippen LogP contribution in [0, 0.1) is 0 Å². The number of benzene rings is 1. The largest absolute Gasteiger partial charge is 1.00 e. The van der Waals surface area contributed by atoms with Crippen molar-refractivity contribution in [2.45, 2.75) is 13.0 Å². The first-order valence-electron chi connectivity index (χ1n) is 6.04. The monoisotopic (exact) mass is 357 g/mol. The average Bonchev–Trinajstić information content (AvgIpc) is 2.80. The Morgan fingerprint density at radius 1 is 1.00 bits per heavy atom. The Labute approximate surface area is 126 Å². The predicted molar refractivity (Wildman–Crippen MR) is 69.5 cm³/mol. The Bertz CT molecular complexity index is 437. The zero-order valence-electron chi connectivity index (χ0n) is 11.0. The van der Waals surface area contributed by atoms with Crippen LogP contribution in [0.25, 0.3) is 0 Å². The van der Waals surface area contributed by atoms with Gasteiger partial charge in [0.1, 0.15) is 12.3 Å². The lowest BCUT2D eigenvalue weighted by atomic mass is 10.2. The second kappa shape index (κ2) is 6.95. The maximum Gasteiger partial charge on any atom is 0.109 e. The summed E-state index contributed by atoms with van der Waals surface area (Å²) in [7, 11) is 4.52. The molecular weight excluding hydrogens is 337 g/mol. The molecule has 0 fully saturated rings. The van der Waals surface area contributed by atoms with Crippen LogP contribution in [-0.2, 0) is 13.0 Å². The number of likely N-dealkylation sites (N-methyl/N-ethyl adjacent to an activating group) is 1. The van der Waals surface area contributed by atoms with Crippen LogP contribution in [-0.4, -0.2) is 25.1 Å². The molecule has 18 heavy (non-hydrogen) atoms. The Hall–Kier alpha value is -0.810. The summed E-state index contributed by atoms with van der Waals surface area (Å²) in [6.45, 7) is 2.14. The number of hydrogen-bond donors (Lipinski definition) is 0. The van der Waals surface area contributed by atoms with Gasteiger partial charge in [0, 0.05) is 5.56 Å². The summed E-state index contributed by atoms with van der Waals surface area (Å²) >= 11 is 0. The summed E-state index contributed by atoms with van der Waals surface area (Å²) in [5, 5.41) is 0. The van der Waals surface area contributed by atoms with E-state index in [4.69, 9.17) is 4.42 Å². The van der Waals surface area contributed by atoms with Crippen molar-refractivity contribution < 1.29 is 32.9 Å². The van der Waals surface area contributed by atoms with E-state index in [9.17, 15) is 0 Å². The predicted octanol–water partition coefficient (Wildman–Crippen LogP) is 0.103. The molecule has 1 aromatic heterocycles. The molecule has 0 aliphatic heterocycles. The molecule has 0 N–H and O–H groups in total. The van der Waals surface area contributed by atoms with Crippen LogP contribution in [0.1, 0.15) is 11.3 Å². The lowest BCUT2D eigenvalue weighted by molar-refractivity contribution is -0.903. The summed E-state index contributed by atoms with van der Waals surface area (Å²) in [5.74, 6) is 1.07. The third kappa shape index (κ3) is 4.82. The normalized spacial score (nSPS) is 11.0. The highest BCUT2D eigenvalue weighted by molar-refractivity contribution is 5.13. The van der Waals surface area contributed by atoms with E-state index < -0.39 is 0 Å². The summed E-state index contributed by atoms with van der Waals surface area (Å²) in [6, 6.07) is 14.6. The first kappa shape index (κ1) is 15.2. The van der Waals surface area contributed by atoms with Gasteiger partial charge in [0.05, 0.1) is 33.3 Å². The van der Waals surface area contributed by atoms with E-state index in [2.05, 4.69) is 44.4 Å². The first-order valence-corrected chi connectivity index (χ1v) is 6.04. The molecule has 2 nitrogen and oxygen atoms in total. The van der Waals surface area contributed by atoms with Crippen molar-refractivity contribution in [1.82, 2.24) is 0 Å². The highest BCUT2D eigenvalue weighted by atomic mass is 127. The molecule has 0 aliphatic carbocycles. The van der Waals surface area contributed by atoms with E-state index in [1.807, 2.05) is 12.1 Å². The van der Waals surface area contributed by atoms with Gasteiger partial charge in [-0.05, 0) is 12.1 Å². The highest BCUT2D eigenvalue weighted by Crippen LogP contribution is 2.11. The van der Waals surface area contributed by atoms with Crippen molar-refractivity contribution in [2.75, 3.05) is 20.6 Å². The molecule has 1 aromatic carbocycles. The first-order chi connectivity index (χ1) is 8.16. The van der Waals surface area contributed by atoms with Gasteiger partial charge in [0.2, 0.25) is 0 Å². The van der Waals surface area contributed by atoms with Crippen molar-refractivity contribution in [3.8, 4) is 0 Å². The Kier molecular flexibility index (Phi) is 5.88. The number of halogens is 1. The Balaban J connectivity index is 0.00000162. The fourth-order valence-corrected chi connectivity index (χ4v) is 2.02. The van der Waals surface area contributed by atoms with E-state index in [0.29, 0.717) is 0 Å². The standard InChI is InChI=1S/C15H20NO.HI/c1-16(2,11-10-15-9-6-12-17-15)13-14-7-4-3-5-8-14;/h3-9,12H,10-11,13H2,1-2H3;1H/q+1;/p-1. The molecule has 2 aromatic rings. The highest BCUT2D eigenvalue weighted by Gasteiger charge is 2.16. The van der Waals surface area contributed by atoms with E-state index in [1.165, 1.54) is 5.56 Å². The van der Waals surface area contributed by atoms with E-state index in [0.717, 1.165) is 29.8 Å². The Morgan fingerprint density at radius 2 is 1.72 bits per heavy atom. The van der Waals surface area contributed by atoms with Gasteiger partial charge in [-0.15, -0.1) is 0 Å². The second-order valence-corrected chi connectivity index (χ2v) is 5.13. The van der Waals surface area contributed by atoms with Crippen LogP contribution in [0.3, 0.4) is 0 Å². The fraction of sp³-hybridized carbons (Fsp3) is 0.333. The number of furan rings is 1. The molecule has 2 rings (SSSR count). The van der Waals surface area contributed by atoms with Crippen LogP contribution < -0.4 is 24.0 Å². The quantitative estimate of drug-likeness (QED) is 0.547. The van der Waals surface area contributed by atoms with Gasteiger partial charge in [-0.25, -0.2) is 0 Å². The van der Waals surface area contributed by atoms with Crippen LogP contribution in [0.2, 0.25) is 0 Å². The van der Waals surface area contributed by atoms with Crippen molar-refractivity contribution in [3.63, 3.8) is 0 Å². The SMILES string of the molecule is C[N+](C)(CCc1ccco1)Cc1ccccc1.[I-]. The molecule has 0 aliphatic rings. The minimum Gasteiger partial charge on any atom is -1.00 e. The van der Waals surface area contributed by atoms with Crippen LogP contribution in [0.15, 0.2) is 53.1 Å². The fourth-order valence-electron chi connectivity index (χ4n) is 2.02. The molecular formula is C15H20INO. The smallest absolute Gasteiger partial charge is 0.109 e. The van der Waals surface area contributed by atoms with Crippen LogP contribution >= 0.6 is 0 Å². The lowest BCUT2D eigenvalue weighted by Gasteiger charge is -2.29. The van der Waals surface area contributed by atoms with Crippen molar-refractivity contribution in [1.29, 1.82) is 0 Å². The molecule has 98 valence electrons. The third-order valence-corrected chi connectivity index (χ3v) is 3.00. The molecule has 3 heteroatoms. The second-order valence-electron chi connectivity index (χ2n) is 5.13. The average molecular weight is 357 g/mol. The zero-order valence-corrected chi connectivity index (χ0v) is 13.1. The lowest BCUT2D eigenvalue weighted by Crippen LogP contribution is -3.00. The molecule has 0 unspecified atom stereocenters. The minimum absolute atomic E-state index is 0. The number of hydrogen-bond acceptors (Lipinski definition) is 1. The van der Waals surface area contributed by atoms with Crippen molar-refractivity contribution in [3.05, 3.63) is 60.1 Å². The molecule has 0 amide bonds. The zero-order chi connectivity index (χ0) is 12.1. The van der Waals surface area contributed by atoms with E-state index in [-0.39, 0.29) is 24.0 Å².